The van der Waals surface area contributed by atoms with E-state index in [9.17, 15) is 19.2 Å². The summed E-state index contributed by atoms with van der Waals surface area (Å²) in [5.41, 5.74) is 2.17. The van der Waals surface area contributed by atoms with Crippen LogP contribution in [0.25, 0.3) is 0 Å². The SMILES string of the molecule is COc1ccccc1C(=O)Nc1ccc2c(c1)CN(C1CCC(=O)N(C)C1=O)C2=O. The molecule has 2 aliphatic rings. The molecule has 1 fully saturated rings. The van der Waals surface area contributed by atoms with Crippen LogP contribution in [0.3, 0.4) is 0 Å². The van der Waals surface area contributed by atoms with Crippen LogP contribution in [0, 0.1) is 0 Å². The number of rotatable bonds is 4. The number of nitrogens with zero attached hydrogens (tertiary/aromatic N) is 2. The number of carbonyl (C=O) groups excluding carboxylic acids is 4. The van der Waals surface area contributed by atoms with Gasteiger partial charge in [-0.3, -0.25) is 24.1 Å². The summed E-state index contributed by atoms with van der Waals surface area (Å²) in [7, 11) is 2.94. The van der Waals surface area contributed by atoms with Crippen molar-refractivity contribution in [2.24, 2.45) is 0 Å². The maximum Gasteiger partial charge on any atom is 0.259 e. The Bertz CT molecular complexity index is 1060. The number of likely N-dealkylation sites (tertiary alicyclic amines) is 1. The molecule has 1 saturated heterocycles. The lowest BCUT2D eigenvalue weighted by atomic mass is 10.0. The Kier molecular flexibility index (Phi) is 4.99. The number of nitrogens with one attached hydrogen (secondary N) is 1. The van der Waals surface area contributed by atoms with Gasteiger partial charge in [-0.25, -0.2) is 0 Å². The highest BCUT2D eigenvalue weighted by molar-refractivity contribution is 6.08. The second-order valence-electron chi connectivity index (χ2n) is 7.30. The predicted molar refractivity (Wildman–Crippen MR) is 108 cm³/mol. The van der Waals surface area contributed by atoms with E-state index in [2.05, 4.69) is 5.32 Å². The number of methoxy groups -OCH3 is 1. The van der Waals surface area contributed by atoms with Gasteiger partial charge in [0.15, 0.2) is 0 Å². The van der Waals surface area contributed by atoms with Crippen LogP contribution in [0.4, 0.5) is 5.69 Å². The van der Waals surface area contributed by atoms with Crippen molar-refractivity contribution in [3.05, 3.63) is 59.2 Å². The lowest BCUT2D eigenvalue weighted by Gasteiger charge is -2.33. The first-order chi connectivity index (χ1) is 14.4. The zero-order valence-corrected chi connectivity index (χ0v) is 16.7. The van der Waals surface area contributed by atoms with Gasteiger partial charge in [-0.05, 0) is 42.3 Å². The Morgan fingerprint density at radius 3 is 2.67 bits per heavy atom. The van der Waals surface area contributed by atoms with Crippen molar-refractivity contribution in [2.45, 2.75) is 25.4 Å². The third-order valence-corrected chi connectivity index (χ3v) is 5.54. The zero-order chi connectivity index (χ0) is 21.4. The molecular weight excluding hydrogens is 386 g/mol. The Morgan fingerprint density at radius 2 is 1.90 bits per heavy atom. The van der Waals surface area contributed by atoms with Crippen LogP contribution in [0.1, 0.15) is 39.1 Å². The molecule has 0 bridgehead atoms. The van der Waals surface area contributed by atoms with E-state index < -0.39 is 6.04 Å². The van der Waals surface area contributed by atoms with Crippen LogP contribution in [0.15, 0.2) is 42.5 Å². The molecule has 0 spiro atoms. The Labute approximate surface area is 173 Å². The molecule has 2 aliphatic heterocycles. The molecule has 4 rings (SSSR count). The summed E-state index contributed by atoms with van der Waals surface area (Å²) < 4.78 is 5.23. The Balaban J connectivity index is 1.53. The summed E-state index contributed by atoms with van der Waals surface area (Å²) in [4.78, 5) is 52.3. The second-order valence-corrected chi connectivity index (χ2v) is 7.30. The highest BCUT2D eigenvalue weighted by atomic mass is 16.5. The standard InChI is InChI=1S/C22H21N3O5/c1-24-19(26)10-9-17(22(24)29)25-12-13-11-14(7-8-15(13)21(25)28)23-20(27)16-5-3-4-6-18(16)30-2/h3-8,11,17H,9-10,12H2,1-2H3,(H,23,27). The molecule has 8 heteroatoms. The van der Waals surface area contributed by atoms with Gasteiger partial charge in [0.25, 0.3) is 17.7 Å². The quantitative estimate of drug-likeness (QED) is 0.783. The van der Waals surface area contributed by atoms with Gasteiger partial charge in [0, 0.05) is 31.3 Å². The number of anilines is 1. The number of amides is 4. The molecular formula is C22H21N3O5. The minimum atomic E-state index is -0.653. The van der Waals surface area contributed by atoms with Gasteiger partial charge in [-0.2, -0.15) is 0 Å². The third kappa shape index (κ3) is 3.30. The minimum Gasteiger partial charge on any atom is -0.496 e. The summed E-state index contributed by atoms with van der Waals surface area (Å²) in [5.74, 6) is -0.698. The Hall–Kier alpha value is -3.68. The third-order valence-electron chi connectivity index (χ3n) is 5.54. The van der Waals surface area contributed by atoms with E-state index in [1.807, 2.05) is 0 Å². The fourth-order valence-electron chi connectivity index (χ4n) is 3.89. The van der Waals surface area contributed by atoms with E-state index in [-0.39, 0.29) is 36.6 Å². The second kappa shape index (κ2) is 7.62. The molecule has 0 saturated carbocycles. The molecule has 2 aromatic carbocycles. The molecule has 1 atom stereocenters. The summed E-state index contributed by atoms with van der Waals surface area (Å²) in [6.45, 7) is 0.255. The molecule has 30 heavy (non-hydrogen) atoms. The number of imide groups is 1. The number of hydrogen-bond donors (Lipinski definition) is 1. The number of ether oxygens (including phenoxy) is 1. The smallest absolute Gasteiger partial charge is 0.259 e. The highest BCUT2D eigenvalue weighted by Crippen LogP contribution is 2.31. The summed E-state index contributed by atoms with van der Waals surface area (Å²) in [6.07, 6.45) is 0.548. The van der Waals surface area contributed by atoms with E-state index in [4.69, 9.17) is 4.74 Å². The van der Waals surface area contributed by atoms with E-state index in [1.54, 1.807) is 42.5 Å². The average Bonchev–Trinajstić information content (AvgIpc) is 3.07. The lowest BCUT2D eigenvalue weighted by molar-refractivity contribution is -0.150. The van der Waals surface area contributed by atoms with Crippen LogP contribution < -0.4 is 10.1 Å². The highest BCUT2D eigenvalue weighted by Gasteiger charge is 2.41. The number of fused-ring (bicyclic) bond motifs is 1. The first-order valence-electron chi connectivity index (χ1n) is 9.59. The predicted octanol–water partition coefficient (Wildman–Crippen LogP) is 2.05. The molecule has 0 aromatic heterocycles. The van der Waals surface area contributed by atoms with Gasteiger partial charge in [0.05, 0.1) is 12.7 Å². The fraction of sp³-hybridized carbons (Fsp3) is 0.273. The van der Waals surface area contributed by atoms with E-state index in [0.29, 0.717) is 29.0 Å². The van der Waals surface area contributed by atoms with Crippen molar-refractivity contribution < 1.29 is 23.9 Å². The van der Waals surface area contributed by atoms with Crippen molar-refractivity contribution in [3.8, 4) is 5.75 Å². The first kappa shape index (κ1) is 19.6. The number of para-hydroxylation sites is 1. The maximum absolute atomic E-state index is 12.8. The maximum atomic E-state index is 12.8. The van der Waals surface area contributed by atoms with E-state index >= 15 is 0 Å². The van der Waals surface area contributed by atoms with E-state index in [1.165, 1.54) is 19.1 Å². The van der Waals surface area contributed by atoms with Crippen molar-refractivity contribution in [1.29, 1.82) is 0 Å². The number of likely N-dealkylation sites (N-methyl/N-ethyl adjacent to an activating group) is 1. The van der Waals surface area contributed by atoms with Gasteiger partial charge in [0.1, 0.15) is 11.8 Å². The molecule has 8 nitrogen and oxygen atoms in total. The number of benzene rings is 2. The van der Waals surface area contributed by atoms with Crippen LogP contribution in [0.2, 0.25) is 0 Å². The monoisotopic (exact) mass is 407 g/mol. The number of hydrogen-bond acceptors (Lipinski definition) is 5. The summed E-state index contributed by atoms with van der Waals surface area (Å²) in [5, 5.41) is 2.82. The Morgan fingerprint density at radius 1 is 1.13 bits per heavy atom. The minimum absolute atomic E-state index is 0.229. The van der Waals surface area contributed by atoms with Crippen LogP contribution >= 0.6 is 0 Å². The molecule has 2 aromatic rings. The van der Waals surface area contributed by atoms with Gasteiger partial charge < -0.3 is 15.0 Å². The number of piperidine rings is 1. The molecule has 0 radical (unpaired) electrons. The molecule has 1 N–H and O–H groups in total. The first-order valence-corrected chi connectivity index (χ1v) is 9.59. The van der Waals surface area contributed by atoms with Crippen molar-refractivity contribution >= 4 is 29.3 Å². The van der Waals surface area contributed by atoms with Gasteiger partial charge in [-0.1, -0.05) is 12.1 Å². The van der Waals surface area contributed by atoms with Crippen LogP contribution in [-0.4, -0.2) is 53.6 Å². The molecule has 0 aliphatic carbocycles. The van der Waals surface area contributed by atoms with Crippen molar-refractivity contribution in [1.82, 2.24) is 9.80 Å². The molecule has 4 amide bonds. The lowest BCUT2D eigenvalue weighted by Crippen LogP contribution is -2.53. The number of carbonyl (C=O) groups is 4. The molecule has 1 unspecified atom stereocenters. The van der Waals surface area contributed by atoms with Gasteiger partial charge >= 0.3 is 0 Å². The van der Waals surface area contributed by atoms with Crippen LogP contribution in [-0.2, 0) is 16.1 Å². The van der Waals surface area contributed by atoms with Crippen LogP contribution in [0.5, 0.6) is 5.75 Å². The van der Waals surface area contributed by atoms with Crippen molar-refractivity contribution in [3.63, 3.8) is 0 Å². The molecule has 2 heterocycles. The molecule has 154 valence electrons. The average molecular weight is 407 g/mol. The topological polar surface area (TPSA) is 96.0 Å². The van der Waals surface area contributed by atoms with E-state index in [0.717, 1.165) is 10.5 Å². The normalized spacial score (nSPS) is 18.5. The summed E-state index contributed by atoms with van der Waals surface area (Å²) in [6, 6.07) is 11.3. The zero-order valence-electron chi connectivity index (χ0n) is 16.7. The van der Waals surface area contributed by atoms with Crippen molar-refractivity contribution in [2.75, 3.05) is 19.5 Å². The fourth-order valence-corrected chi connectivity index (χ4v) is 3.89. The largest absolute Gasteiger partial charge is 0.496 e. The van der Waals surface area contributed by atoms with Gasteiger partial charge in [-0.15, -0.1) is 0 Å². The van der Waals surface area contributed by atoms with Gasteiger partial charge in [0.2, 0.25) is 5.91 Å². The summed E-state index contributed by atoms with van der Waals surface area (Å²) >= 11 is 0.